The molecule has 130 valence electrons. The number of pyridine rings is 1. The van der Waals surface area contributed by atoms with E-state index >= 15 is 0 Å². The molecule has 2 aliphatic rings. The van der Waals surface area contributed by atoms with E-state index in [1.807, 2.05) is 17.0 Å². The van der Waals surface area contributed by atoms with Gasteiger partial charge in [-0.05, 0) is 63.0 Å². The van der Waals surface area contributed by atoms with E-state index in [-0.39, 0.29) is 5.91 Å². The number of carbonyl (C=O) groups is 1. The van der Waals surface area contributed by atoms with Gasteiger partial charge in [0.25, 0.3) is 5.91 Å². The molecule has 0 aromatic carbocycles. The number of amides is 1. The van der Waals surface area contributed by atoms with Crippen molar-refractivity contribution in [3.05, 3.63) is 35.7 Å². The molecule has 1 aliphatic carbocycles. The van der Waals surface area contributed by atoms with Gasteiger partial charge in [0, 0.05) is 31.5 Å². The smallest absolute Gasteiger partial charge is 0.272 e. The van der Waals surface area contributed by atoms with E-state index in [1.165, 1.54) is 25.7 Å². The average Bonchev–Trinajstić information content (AvgIpc) is 2.63. The minimum atomic E-state index is 0.0699. The van der Waals surface area contributed by atoms with Crippen molar-refractivity contribution >= 4 is 11.6 Å². The molecule has 2 heterocycles. The number of piperidine rings is 1. The number of allylic oxidation sites excluding steroid dienone is 1. The predicted molar refractivity (Wildman–Crippen MR) is 98.2 cm³/mol. The Hall–Kier alpha value is -1.84. The van der Waals surface area contributed by atoms with E-state index in [9.17, 15) is 4.79 Å². The molecule has 4 heteroatoms. The lowest BCUT2D eigenvalue weighted by Crippen LogP contribution is -2.38. The first-order chi connectivity index (χ1) is 11.7. The van der Waals surface area contributed by atoms with Crippen LogP contribution < -0.4 is 5.32 Å². The third kappa shape index (κ3) is 4.59. The summed E-state index contributed by atoms with van der Waals surface area (Å²) in [5.41, 5.74) is 3.13. The van der Waals surface area contributed by atoms with E-state index < -0.39 is 0 Å². The maximum absolute atomic E-state index is 12.6. The van der Waals surface area contributed by atoms with Gasteiger partial charge in [-0.2, -0.15) is 0 Å². The molecular weight excluding hydrogens is 298 g/mol. The summed E-state index contributed by atoms with van der Waals surface area (Å²) in [6.45, 7) is 4.89. The fourth-order valence-corrected chi connectivity index (χ4v) is 3.53. The van der Waals surface area contributed by atoms with Crippen LogP contribution in [0.15, 0.2) is 30.0 Å². The van der Waals surface area contributed by atoms with Crippen LogP contribution in [0, 0.1) is 5.92 Å². The van der Waals surface area contributed by atoms with Crippen LogP contribution >= 0.6 is 0 Å². The first-order valence-corrected chi connectivity index (χ1v) is 9.39. The number of rotatable bonds is 5. The zero-order valence-electron chi connectivity index (χ0n) is 14.8. The second kappa shape index (κ2) is 8.32. The van der Waals surface area contributed by atoms with Crippen LogP contribution in [-0.4, -0.2) is 35.4 Å². The largest absolute Gasteiger partial charge is 0.385 e. The van der Waals surface area contributed by atoms with Gasteiger partial charge in [-0.3, -0.25) is 9.78 Å². The number of aromatic nitrogens is 1. The molecule has 3 rings (SSSR count). The van der Waals surface area contributed by atoms with Crippen molar-refractivity contribution in [1.29, 1.82) is 0 Å². The molecule has 1 aromatic heterocycles. The summed E-state index contributed by atoms with van der Waals surface area (Å²) in [5.74, 6) is 0.796. The van der Waals surface area contributed by atoms with Crippen molar-refractivity contribution < 1.29 is 4.79 Å². The minimum Gasteiger partial charge on any atom is -0.385 e. The van der Waals surface area contributed by atoms with Crippen LogP contribution in [0.2, 0.25) is 0 Å². The lowest BCUT2D eigenvalue weighted by molar-refractivity contribution is 0.0691. The van der Waals surface area contributed by atoms with Gasteiger partial charge in [-0.25, -0.2) is 0 Å². The molecule has 4 nitrogen and oxygen atoms in total. The van der Waals surface area contributed by atoms with Gasteiger partial charge < -0.3 is 10.2 Å². The van der Waals surface area contributed by atoms with Crippen LogP contribution in [-0.2, 0) is 0 Å². The first kappa shape index (κ1) is 17.0. The Morgan fingerprint density at radius 1 is 1.33 bits per heavy atom. The van der Waals surface area contributed by atoms with Crippen LogP contribution in [0.3, 0.4) is 0 Å². The number of likely N-dealkylation sites (tertiary alicyclic amines) is 1. The molecule has 0 atom stereocenters. The predicted octanol–water partition coefficient (Wildman–Crippen LogP) is 4.26. The Kier molecular flexibility index (Phi) is 5.89. The molecule has 0 spiro atoms. The van der Waals surface area contributed by atoms with Gasteiger partial charge in [-0.15, -0.1) is 0 Å². The van der Waals surface area contributed by atoms with Gasteiger partial charge in [0.1, 0.15) is 5.69 Å². The van der Waals surface area contributed by atoms with Crippen LogP contribution in [0.25, 0.3) is 0 Å². The first-order valence-electron chi connectivity index (χ1n) is 9.39. The highest BCUT2D eigenvalue weighted by molar-refractivity contribution is 5.93. The number of anilines is 1. The normalized spacial score (nSPS) is 19.0. The maximum atomic E-state index is 12.6. The second-order valence-electron chi connectivity index (χ2n) is 7.19. The second-order valence-corrected chi connectivity index (χ2v) is 7.19. The summed E-state index contributed by atoms with van der Waals surface area (Å²) in [7, 11) is 0. The number of nitrogens with zero attached hydrogens (tertiary/aromatic N) is 2. The van der Waals surface area contributed by atoms with Crippen LogP contribution in [0.4, 0.5) is 5.69 Å². The van der Waals surface area contributed by atoms with Crippen molar-refractivity contribution in [2.24, 2.45) is 5.92 Å². The zero-order valence-corrected chi connectivity index (χ0v) is 14.8. The third-order valence-electron chi connectivity index (χ3n) is 5.21. The Balaban J connectivity index is 1.53. The number of hydrogen-bond acceptors (Lipinski definition) is 3. The van der Waals surface area contributed by atoms with E-state index in [1.54, 1.807) is 11.8 Å². The summed E-state index contributed by atoms with van der Waals surface area (Å²) in [5, 5.41) is 3.45. The number of nitrogens with one attached hydrogen (secondary N) is 1. The SMILES string of the molecule is CC1CCN(C(=O)c2cc(NCCC3=CCCCC3)ccn2)CC1. The van der Waals surface area contributed by atoms with Crippen molar-refractivity contribution in [2.45, 2.75) is 51.9 Å². The molecule has 1 N–H and O–H groups in total. The molecule has 1 aromatic rings. The highest BCUT2D eigenvalue weighted by Gasteiger charge is 2.22. The standard InChI is InChI=1S/C20H29N3O/c1-16-9-13-23(14-10-16)20(24)19-15-18(8-12-22-19)21-11-7-17-5-3-2-4-6-17/h5,8,12,15-16H,2-4,6-7,9-11,13-14H2,1H3,(H,21,22). The lowest BCUT2D eigenvalue weighted by atomic mass is 9.97. The average molecular weight is 327 g/mol. The molecule has 1 aliphatic heterocycles. The highest BCUT2D eigenvalue weighted by atomic mass is 16.2. The third-order valence-corrected chi connectivity index (χ3v) is 5.21. The van der Waals surface area contributed by atoms with E-state index in [0.717, 1.165) is 50.5 Å². The van der Waals surface area contributed by atoms with Crippen LogP contribution in [0.5, 0.6) is 0 Å². The summed E-state index contributed by atoms with van der Waals surface area (Å²) in [6, 6.07) is 3.85. The number of carbonyl (C=O) groups excluding carboxylic acids is 1. The summed E-state index contributed by atoms with van der Waals surface area (Å²) >= 11 is 0. The van der Waals surface area contributed by atoms with Crippen LogP contribution in [0.1, 0.15) is 62.4 Å². The summed E-state index contributed by atoms with van der Waals surface area (Å²) in [4.78, 5) is 18.8. The molecule has 1 saturated heterocycles. The van der Waals surface area contributed by atoms with E-state index in [0.29, 0.717) is 5.69 Å². The lowest BCUT2D eigenvalue weighted by Gasteiger charge is -2.30. The van der Waals surface area contributed by atoms with Gasteiger partial charge in [0.15, 0.2) is 0 Å². The molecular formula is C20H29N3O. The Morgan fingerprint density at radius 2 is 2.17 bits per heavy atom. The molecule has 0 radical (unpaired) electrons. The summed E-state index contributed by atoms with van der Waals surface area (Å²) < 4.78 is 0. The Labute approximate surface area is 145 Å². The fourth-order valence-electron chi connectivity index (χ4n) is 3.53. The van der Waals surface area contributed by atoms with Crippen molar-refractivity contribution in [3.63, 3.8) is 0 Å². The molecule has 0 bridgehead atoms. The molecule has 1 amide bonds. The van der Waals surface area contributed by atoms with Gasteiger partial charge >= 0.3 is 0 Å². The Bertz CT molecular complexity index is 588. The topological polar surface area (TPSA) is 45.2 Å². The Morgan fingerprint density at radius 3 is 2.92 bits per heavy atom. The van der Waals surface area contributed by atoms with Crippen molar-refractivity contribution in [2.75, 3.05) is 25.0 Å². The highest BCUT2D eigenvalue weighted by Crippen LogP contribution is 2.21. The van der Waals surface area contributed by atoms with E-state index in [4.69, 9.17) is 0 Å². The zero-order chi connectivity index (χ0) is 16.8. The molecule has 1 fully saturated rings. The minimum absolute atomic E-state index is 0.0699. The summed E-state index contributed by atoms with van der Waals surface area (Å²) in [6.07, 6.45) is 12.6. The van der Waals surface area contributed by atoms with E-state index in [2.05, 4.69) is 23.3 Å². The van der Waals surface area contributed by atoms with Gasteiger partial charge in [-0.1, -0.05) is 18.6 Å². The van der Waals surface area contributed by atoms with Gasteiger partial charge in [0.05, 0.1) is 0 Å². The quantitative estimate of drug-likeness (QED) is 0.822. The monoisotopic (exact) mass is 327 g/mol. The molecule has 24 heavy (non-hydrogen) atoms. The molecule has 0 unspecified atom stereocenters. The number of hydrogen-bond donors (Lipinski definition) is 1. The van der Waals surface area contributed by atoms with Gasteiger partial charge in [0.2, 0.25) is 0 Å². The molecule has 0 saturated carbocycles. The fraction of sp³-hybridized carbons (Fsp3) is 0.600. The van der Waals surface area contributed by atoms with Crippen molar-refractivity contribution in [3.8, 4) is 0 Å². The maximum Gasteiger partial charge on any atom is 0.272 e. The van der Waals surface area contributed by atoms with Crippen molar-refractivity contribution in [1.82, 2.24) is 9.88 Å².